The van der Waals surface area contributed by atoms with Gasteiger partial charge in [-0.2, -0.15) is 4.98 Å². The number of carbonyl (C=O) groups is 1. The molecule has 1 amide bonds. The Bertz CT molecular complexity index is 1310. The maximum Gasteiger partial charge on any atom is 0.231 e. The third kappa shape index (κ3) is 5.21. The van der Waals surface area contributed by atoms with Gasteiger partial charge in [-0.05, 0) is 23.6 Å². The molecule has 3 heterocycles. The summed E-state index contributed by atoms with van der Waals surface area (Å²) >= 11 is 2.83. The summed E-state index contributed by atoms with van der Waals surface area (Å²) < 4.78 is 29.7. The van der Waals surface area contributed by atoms with Crippen molar-refractivity contribution in [3.05, 3.63) is 53.0 Å². The van der Waals surface area contributed by atoms with Gasteiger partial charge in [0.05, 0.1) is 22.5 Å². The molecule has 0 unspecified atom stereocenters. The minimum Gasteiger partial charge on any atom is -0.339 e. The molecule has 12 heteroatoms. The molecule has 4 aromatic rings. The molecule has 0 saturated carbocycles. The number of aromatic nitrogens is 3. The topological polar surface area (TPSA) is 118 Å². The Kier molecular flexibility index (Phi) is 6.35. The van der Waals surface area contributed by atoms with E-state index >= 15 is 0 Å². The van der Waals surface area contributed by atoms with Crippen molar-refractivity contribution in [1.82, 2.24) is 15.1 Å². The van der Waals surface area contributed by atoms with Gasteiger partial charge < -0.3 is 9.84 Å². The van der Waals surface area contributed by atoms with Crippen LogP contribution in [0, 0.1) is 0 Å². The normalized spacial score (nSPS) is 11.4. The number of thiazole rings is 1. The van der Waals surface area contributed by atoms with Crippen molar-refractivity contribution in [1.29, 1.82) is 0 Å². The smallest absolute Gasteiger partial charge is 0.231 e. The Morgan fingerprint density at radius 3 is 2.62 bits per heavy atom. The van der Waals surface area contributed by atoms with Crippen molar-refractivity contribution in [2.75, 3.05) is 22.9 Å². The van der Waals surface area contributed by atoms with E-state index in [1.54, 1.807) is 24.3 Å². The first kappa shape index (κ1) is 22.1. The zero-order chi connectivity index (χ0) is 22.7. The molecule has 0 fully saturated rings. The fourth-order valence-electron chi connectivity index (χ4n) is 2.76. The van der Waals surface area contributed by atoms with Crippen LogP contribution in [-0.2, 0) is 21.2 Å². The zero-order valence-corrected chi connectivity index (χ0v) is 19.6. The van der Waals surface area contributed by atoms with Crippen molar-refractivity contribution in [2.45, 2.75) is 12.8 Å². The Balaban J connectivity index is 1.33. The molecule has 32 heavy (non-hydrogen) atoms. The van der Waals surface area contributed by atoms with Crippen molar-refractivity contribution in [3.8, 4) is 22.0 Å². The van der Waals surface area contributed by atoms with Crippen LogP contribution in [0.15, 0.2) is 51.7 Å². The van der Waals surface area contributed by atoms with Crippen LogP contribution in [0.25, 0.3) is 22.0 Å². The minimum atomic E-state index is -3.32. The van der Waals surface area contributed by atoms with Gasteiger partial charge in [-0.25, -0.2) is 13.4 Å². The van der Waals surface area contributed by atoms with Crippen LogP contribution in [0.3, 0.4) is 0 Å². The molecule has 0 bridgehead atoms. The second-order valence-corrected chi connectivity index (χ2v) is 10.7. The molecular weight excluding hydrogens is 470 g/mol. The number of rotatable bonds is 8. The SMILES string of the molecule is CN(c1ccc(-c2csc(NC(=O)CCc3nc(-c4cccs4)no3)n2)cc1)S(C)(=O)=O. The van der Waals surface area contributed by atoms with E-state index in [0.717, 1.165) is 16.7 Å². The van der Waals surface area contributed by atoms with Crippen LogP contribution in [0.1, 0.15) is 12.3 Å². The highest BCUT2D eigenvalue weighted by molar-refractivity contribution is 7.92. The lowest BCUT2D eigenvalue weighted by atomic mass is 10.1. The molecule has 3 aromatic heterocycles. The summed E-state index contributed by atoms with van der Waals surface area (Å²) in [5, 5.41) is 11.0. The van der Waals surface area contributed by atoms with Crippen molar-refractivity contribution >= 4 is 49.4 Å². The first-order valence-corrected chi connectivity index (χ1v) is 13.1. The predicted molar refractivity (Wildman–Crippen MR) is 125 cm³/mol. The van der Waals surface area contributed by atoms with Crippen LogP contribution >= 0.6 is 22.7 Å². The zero-order valence-electron chi connectivity index (χ0n) is 17.2. The van der Waals surface area contributed by atoms with E-state index in [-0.39, 0.29) is 12.3 Å². The van der Waals surface area contributed by atoms with Gasteiger partial charge in [0.25, 0.3) is 0 Å². The lowest BCUT2D eigenvalue weighted by molar-refractivity contribution is -0.116. The van der Waals surface area contributed by atoms with E-state index < -0.39 is 10.0 Å². The van der Waals surface area contributed by atoms with Gasteiger partial charge >= 0.3 is 0 Å². The monoisotopic (exact) mass is 489 g/mol. The Morgan fingerprint density at radius 1 is 1.16 bits per heavy atom. The number of sulfonamides is 1. The molecule has 0 saturated heterocycles. The molecule has 166 valence electrons. The lowest BCUT2D eigenvalue weighted by Crippen LogP contribution is -2.24. The lowest BCUT2D eigenvalue weighted by Gasteiger charge is -2.16. The first-order chi connectivity index (χ1) is 15.3. The average Bonchev–Trinajstić information content (AvgIpc) is 3.52. The third-order valence-electron chi connectivity index (χ3n) is 4.55. The first-order valence-electron chi connectivity index (χ1n) is 9.46. The number of aryl methyl sites for hydroxylation is 1. The number of hydrogen-bond donors (Lipinski definition) is 1. The van der Waals surface area contributed by atoms with E-state index in [0.29, 0.717) is 34.6 Å². The number of nitrogens with one attached hydrogen (secondary N) is 1. The molecular formula is C20H19N5O4S3. The maximum atomic E-state index is 12.3. The summed E-state index contributed by atoms with van der Waals surface area (Å²) in [5.41, 5.74) is 2.07. The summed E-state index contributed by atoms with van der Waals surface area (Å²) in [6.45, 7) is 0. The molecule has 0 aliphatic carbocycles. The Labute approximate surface area is 192 Å². The molecule has 9 nitrogen and oxygen atoms in total. The summed E-state index contributed by atoms with van der Waals surface area (Å²) in [7, 11) is -1.82. The summed E-state index contributed by atoms with van der Waals surface area (Å²) in [6.07, 6.45) is 1.67. The van der Waals surface area contributed by atoms with Gasteiger partial charge in [-0.3, -0.25) is 9.10 Å². The van der Waals surface area contributed by atoms with Crippen LogP contribution in [-0.4, -0.2) is 42.8 Å². The summed E-state index contributed by atoms with van der Waals surface area (Å²) in [4.78, 5) is 21.9. The molecule has 0 aliphatic heterocycles. The van der Waals surface area contributed by atoms with Crippen LogP contribution < -0.4 is 9.62 Å². The van der Waals surface area contributed by atoms with E-state index in [2.05, 4.69) is 20.4 Å². The number of anilines is 2. The van der Waals surface area contributed by atoms with Crippen molar-refractivity contribution in [3.63, 3.8) is 0 Å². The molecule has 0 radical (unpaired) electrons. The van der Waals surface area contributed by atoms with E-state index in [9.17, 15) is 13.2 Å². The molecule has 0 spiro atoms. The summed E-state index contributed by atoms with van der Waals surface area (Å²) in [5.74, 6) is 0.725. The molecule has 4 rings (SSSR count). The molecule has 0 atom stereocenters. The Hall–Kier alpha value is -3.09. The van der Waals surface area contributed by atoms with Gasteiger partial charge in [0.1, 0.15) is 0 Å². The highest BCUT2D eigenvalue weighted by atomic mass is 32.2. The van der Waals surface area contributed by atoms with Crippen LogP contribution in [0.4, 0.5) is 10.8 Å². The summed E-state index contributed by atoms with van der Waals surface area (Å²) in [6, 6.07) is 10.8. The Morgan fingerprint density at radius 2 is 1.94 bits per heavy atom. The number of thiophene rings is 1. The van der Waals surface area contributed by atoms with Crippen LogP contribution in [0.2, 0.25) is 0 Å². The van der Waals surface area contributed by atoms with Crippen LogP contribution in [0.5, 0.6) is 0 Å². The number of hydrogen-bond acceptors (Lipinski definition) is 9. The van der Waals surface area contributed by atoms with Gasteiger partial charge in [0.15, 0.2) is 5.13 Å². The van der Waals surface area contributed by atoms with E-state index in [1.807, 2.05) is 22.9 Å². The highest BCUT2D eigenvalue weighted by Gasteiger charge is 2.14. The number of benzene rings is 1. The van der Waals surface area contributed by atoms with Gasteiger partial charge in [0, 0.05) is 30.8 Å². The van der Waals surface area contributed by atoms with Gasteiger partial charge in [-0.15, -0.1) is 22.7 Å². The second-order valence-electron chi connectivity index (χ2n) is 6.85. The fourth-order valence-corrected chi connectivity index (χ4v) is 4.65. The second kappa shape index (κ2) is 9.18. The number of nitrogens with zero attached hydrogens (tertiary/aromatic N) is 4. The minimum absolute atomic E-state index is 0.188. The largest absolute Gasteiger partial charge is 0.339 e. The van der Waals surface area contributed by atoms with Gasteiger partial charge in [-0.1, -0.05) is 23.4 Å². The third-order valence-corrected chi connectivity index (χ3v) is 7.38. The quantitative estimate of drug-likeness (QED) is 0.399. The maximum absolute atomic E-state index is 12.3. The number of carbonyl (C=O) groups excluding carboxylic acids is 1. The average molecular weight is 490 g/mol. The van der Waals surface area contributed by atoms with E-state index in [4.69, 9.17) is 4.52 Å². The van der Waals surface area contributed by atoms with E-state index in [1.165, 1.54) is 34.0 Å². The van der Waals surface area contributed by atoms with Crippen molar-refractivity contribution < 1.29 is 17.7 Å². The number of amides is 1. The van der Waals surface area contributed by atoms with Gasteiger partial charge in [0.2, 0.25) is 27.6 Å². The van der Waals surface area contributed by atoms with Crippen molar-refractivity contribution in [2.24, 2.45) is 0 Å². The predicted octanol–water partition coefficient (Wildman–Crippen LogP) is 3.89. The standard InChI is InChI=1S/C20H19N5O4S3/c1-25(32(2,27)28)14-7-5-13(6-8-14)15-12-31-20(21-15)22-17(26)9-10-18-23-19(24-29-18)16-4-3-11-30-16/h3-8,11-12H,9-10H2,1-2H3,(H,21,22,26). The highest BCUT2D eigenvalue weighted by Crippen LogP contribution is 2.27. The molecule has 0 aliphatic rings. The molecule has 1 aromatic carbocycles. The molecule has 1 N–H and O–H groups in total. The fraction of sp³-hybridized carbons (Fsp3) is 0.200.